The Morgan fingerprint density at radius 1 is 0.656 bits per heavy atom. The van der Waals surface area contributed by atoms with Crippen molar-refractivity contribution in [2.45, 2.75) is 23.6 Å². The van der Waals surface area contributed by atoms with Crippen LogP contribution in [0, 0.1) is 13.8 Å². The first kappa shape index (κ1) is 25.5. The Labute approximate surface area is 187 Å². The van der Waals surface area contributed by atoms with Crippen molar-refractivity contribution in [1.82, 2.24) is 8.61 Å². The maximum absolute atomic E-state index is 13.0. The van der Waals surface area contributed by atoms with Crippen molar-refractivity contribution in [1.29, 1.82) is 0 Å². The van der Waals surface area contributed by atoms with Crippen LogP contribution in [-0.4, -0.2) is 63.4 Å². The highest BCUT2D eigenvalue weighted by molar-refractivity contribution is 7.89. The third-order valence-electron chi connectivity index (χ3n) is 4.58. The van der Waals surface area contributed by atoms with Crippen molar-refractivity contribution in [2.24, 2.45) is 11.5 Å². The highest BCUT2D eigenvalue weighted by Crippen LogP contribution is 2.19. The van der Waals surface area contributed by atoms with Crippen molar-refractivity contribution in [3.63, 3.8) is 0 Å². The third-order valence-corrected chi connectivity index (χ3v) is 8.30. The summed E-state index contributed by atoms with van der Waals surface area (Å²) in [5.74, 6) is -1.83. The van der Waals surface area contributed by atoms with Crippen LogP contribution in [0.3, 0.4) is 0 Å². The Hall–Kier alpha value is -2.80. The average Bonchev–Trinajstić information content (AvgIpc) is 2.70. The lowest BCUT2D eigenvalue weighted by atomic mass is 10.2. The molecule has 174 valence electrons. The largest absolute Gasteiger partial charge is 0.369 e. The number of nitrogens with two attached hydrogens (primary N) is 2. The molecule has 2 rings (SSSR count). The number of carbonyl (C=O) groups excluding carboxylic acids is 2. The summed E-state index contributed by atoms with van der Waals surface area (Å²) in [7, 11) is -8.32. The molecule has 0 atom stereocenters. The summed E-state index contributed by atoms with van der Waals surface area (Å²) in [4.78, 5) is 22.9. The molecule has 2 aromatic rings. The SMILES string of the molecule is Cc1ccc(S(=O)(=O)N(CCN(CC(N)=O)S(=O)(=O)c2ccc(C)cc2)CC(N)=O)cc1. The van der Waals surface area contributed by atoms with E-state index in [0.29, 0.717) is 0 Å². The summed E-state index contributed by atoms with van der Waals surface area (Å²) in [6, 6.07) is 11.9. The van der Waals surface area contributed by atoms with Gasteiger partial charge in [0.15, 0.2) is 0 Å². The number of hydrogen-bond acceptors (Lipinski definition) is 6. The van der Waals surface area contributed by atoms with Gasteiger partial charge in [0.2, 0.25) is 31.9 Å². The lowest BCUT2D eigenvalue weighted by molar-refractivity contribution is -0.119. The molecule has 0 aliphatic heterocycles. The first-order valence-corrected chi connectivity index (χ1v) is 12.4. The molecule has 0 radical (unpaired) electrons. The molecule has 10 nitrogen and oxygen atoms in total. The van der Waals surface area contributed by atoms with Crippen LogP contribution in [0.4, 0.5) is 0 Å². The van der Waals surface area contributed by atoms with Gasteiger partial charge in [-0.1, -0.05) is 35.4 Å². The minimum absolute atomic E-state index is 0.0767. The average molecular weight is 483 g/mol. The van der Waals surface area contributed by atoms with Gasteiger partial charge in [0, 0.05) is 13.1 Å². The van der Waals surface area contributed by atoms with Gasteiger partial charge in [0.05, 0.1) is 22.9 Å². The predicted molar refractivity (Wildman–Crippen MR) is 118 cm³/mol. The van der Waals surface area contributed by atoms with E-state index in [1.54, 1.807) is 38.1 Å². The molecule has 4 N–H and O–H groups in total. The number of benzene rings is 2. The number of primary amides is 2. The second kappa shape index (κ2) is 10.2. The molecule has 0 saturated heterocycles. The number of amides is 2. The van der Waals surface area contributed by atoms with Crippen LogP contribution < -0.4 is 11.5 Å². The summed E-state index contributed by atoms with van der Waals surface area (Å²) >= 11 is 0. The minimum Gasteiger partial charge on any atom is -0.369 e. The van der Waals surface area contributed by atoms with E-state index >= 15 is 0 Å². The van der Waals surface area contributed by atoms with Crippen LogP contribution in [0.5, 0.6) is 0 Å². The Balaban J connectivity index is 2.36. The molecule has 12 heteroatoms. The molecule has 0 heterocycles. The molecule has 2 amide bonds. The first-order chi connectivity index (χ1) is 14.8. The van der Waals surface area contributed by atoms with Crippen LogP contribution in [0.15, 0.2) is 58.3 Å². The molecule has 0 aromatic heterocycles. The molecule has 0 aliphatic carbocycles. The molecular weight excluding hydrogens is 456 g/mol. The molecule has 0 unspecified atom stereocenters. The summed E-state index contributed by atoms with van der Waals surface area (Å²) in [5.41, 5.74) is 12.1. The maximum atomic E-state index is 13.0. The quantitative estimate of drug-likeness (QED) is 0.457. The standard InChI is InChI=1S/C20H26N4O6S2/c1-15-3-7-17(8-4-15)31(27,28)23(13-19(21)25)11-12-24(14-20(22)26)32(29,30)18-9-5-16(2)6-10-18/h3-10H,11-14H2,1-2H3,(H2,21,25)(H2,22,26). The Morgan fingerprint density at radius 3 is 1.19 bits per heavy atom. The van der Waals surface area contributed by atoms with Gasteiger partial charge in [-0.2, -0.15) is 8.61 Å². The second-order valence-electron chi connectivity index (χ2n) is 7.24. The third kappa shape index (κ3) is 6.36. The van der Waals surface area contributed by atoms with Crippen molar-refractivity contribution in [2.75, 3.05) is 26.2 Å². The van der Waals surface area contributed by atoms with Gasteiger partial charge in [0.25, 0.3) is 0 Å². The highest BCUT2D eigenvalue weighted by Gasteiger charge is 2.30. The Morgan fingerprint density at radius 2 is 0.938 bits per heavy atom. The molecule has 0 aliphatic rings. The highest BCUT2D eigenvalue weighted by atomic mass is 32.2. The molecule has 32 heavy (non-hydrogen) atoms. The molecule has 0 bridgehead atoms. The fourth-order valence-electron chi connectivity index (χ4n) is 2.86. The minimum atomic E-state index is -4.16. The number of aryl methyl sites for hydroxylation is 2. The predicted octanol–water partition coefficient (Wildman–Crippen LogP) is -0.0444. The molecular formula is C20H26N4O6S2. The normalized spacial score (nSPS) is 12.2. The van der Waals surface area contributed by atoms with Gasteiger partial charge in [-0.15, -0.1) is 0 Å². The maximum Gasteiger partial charge on any atom is 0.243 e. The summed E-state index contributed by atoms with van der Waals surface area (Å²) < 4.78 is 53.7. The van der Waals surface area contributed by atoms with E-state index < -0.39 is 58.0 Å². The van der Waals surface area contributed by atoms with Crippen LogP contribution in [0.25, 0.3) is 0 Å². The van der Waals surface area contributed by atoms with E-state index in [2.05, 4.69) is 0 Å². The zero-order valence-electron chi connectivity index (χ0n) is 17.8. The zero-order valence-corrected chi connectivity index (χ0v) is 19.4. The number of sulfonamides is 2. The van der Waals surface area contributed by atoms with E-state index in [1.165, 1.54) is 24.3 Å². The van der Waals surface area contributed by atoms with Gasteiger partial charge in [-0.25, -0.2) is 16.8 Å². The smallest absolute Gasteiger partial charge is 0.243 e. The Bertz CT molecular complexity index is 1080. The van der Waals surface area contributed by atoms with Crippen LogP contribution in [-0.2, 0) is 29.6 Å². The summed E-state index contributed by atoms with van der Waals surface area (Å²) in [5, 5.41) is 0. The second-order valence-corrected chi connectivity index (χ2v) is 11.1. The van der Waals surface area contributed by atoms with E-state index in [0.717, 1.165) is 19.7 Å². The summed E-state index contributed by atoms with van der Waals surface area (Å²) in [6.45, 7) is 1.41. The lowest BCUT2D eigenvalue weighted by Crippen LogP contribution is -2.46. The van der Waals surface area contributed by atoms with Crippen molar-refractivity contribution < 1.29 is 26.4 Å². The lowest BCUT2D eigenvalue weighted by Gasteiger charge is -2.26. The number of rotatable bonds is 11. The van der Waals surface area contributed by atoms with Crippen LogP contribution in [0.2, 0.25) is 0 Å². The van der Waals surface area contributed by atoms with Crippen molar-refractivity contribution in [3.05, 3.63) is 59.7 Å². The Kier molecular flexibility index (Phi) is 8.13. The van der Waals surface area contributed by atoms with Crippen molar-refractivity contribution >= 4 is 31.9 Å². The molecule has 2 aromatic carbocycles. The topological polar surface area (TPSA) is 161 Å². The first-order valence-electron chi connectivity index (χ1n) is 9.54. The number of nitrogens with zero attached hydrogens (tertiary/aromatic N) is 2. The van der Waals surface area contributed by atoms with E-state index in [9.17, 15) is 26.4 Å². The molecule has 0 fully saturated rings. The van der Waals surface area contributed by atoms with Gasteiger partial charge < -0.3 is 11.5 Å². The van der Waals surface area contributed by atoms with E-state index in [-0.39, 0.29) is 9.79 Å². The van der Waals surface area contributed by atoms with Gasteiger partial charge in [0.1, 0.15) is 0 Å². The molecule has 0 spiro atoms. The van der Waals surface area contributed by atoms with Gasteiger partial charge in [-0.3, -0.25) is 9.59 Å². The fraction of sp³-hybridized carbons (Fsp3) is 0.300. The van der Waals surface area contributed by atoms with Gasteiger partial charge >= 0.3 is 0 Å². The monoisotopic (exact) mass is 482 g/mol. The van der Waals surface area contributed by atoms with E-state index in [1.807, 2.05) is 0 Å². The van der Waals surface area contributed by atoms with Crippen LogP contribution in [0.1, 0.15) is 11.1 Å². The zero-order chi connectivity index (χ0) is 24.1. The van der Waals surface area contributed by atoms with E-state index in [4.69, 9.17) is 11.5 Å². The van der Waals surface area contributed by atoms with Crippen molar-refractivity contribution in [3.8, 4) is 0 Å². The number of carbonyl (C=O) groups is 2. The van der Waals surface area contributed by atoms with Crippen LogP contribution >= 0.6 is 0 Å². The fourth-order valence-corrected chi connectivity index (χ4v) is 5.65. The molecule has 0 saturated carbocycles. The van der Waals surface area contributed by atoms with Gasteiger partial charge in [-0.05, 0) is 38.1 Å². The summed E-state index contributed by atoms with van der Waals surface area (Å²) in [6.07, 6.45) is 0. The number of hydrogen-bond donors (Lipinski definition) is 2.